The molecule has 3 heterocycles. The fourth-order valence-electron chi connectivity index (χ4n) is 5.38. The van der Waals surface area contributed by atoms with Crippen molar-refractivity contribution in [2.75, 3.05) is 6.54 Å². The minimum Gasteiger partial charge on any atom is -0.356 e. The molecule has 5 rings (SSSR count). The van der Waals surface area contributed by atoms with Gasteiger partial charge in [0.25, 0.3) is 11.8 Å². The van der Waals surface area contributed by atoms with Crippen LogP contribution < -0.4 is 10.6 Å². The van der Waals surface area contributed by atoms with Crippen LogP contribution in [-0.4, -0.2) is 53.2 Å². The molecule has 0 radical (unpaired) electrons. The highest BCUT2D eigenvalue weighted by atomic mass is 35.5. The Morgan fingerprint density at radius 1 is 1.22 bits per heavy atom. The third kappa shape index (κ3) is 4.85. The smallest absolute Gasteiger partial charge is 0.350 e. The van der Waals surface area contributed by atoms with Gasteiger partial charge in [0.15, 0.2) is 0 Å². The summed E-state index contributed by atoms with van der Waals surface area (Å²) >= 11 is 11.6. The number of nitrogens with zero attached hydrogens (tertiary/aromatic N) is 2. The summed E-state index contributed by atoms with van der Waals surface area (Å²) in [6.45, 7) is 0.402. The first-order valence-corrected chi connectivity index (χ1v) is 12.1. The number of carbonyl (C=O) groups is 3. The molecule has 194 valence electrons. The summed E-state index contributed by atoms with van der Waals surface area (Å²) in [5, 5.41) is 14.1. The van der Waals surface area contributed by atoms with Gasteiger partial charge in [-0.1, -0.05) is 23.2 Å². The molecule has 3 aliphatic heterocycles. The lowest BCUT2D eigenvalue weighted by Crippen LogP contribution is -2.70. The van der Waals surface area contributed by atoms with Gasteiger partial charge in [0.05, 0.1) is 12.0 Å². The fraction of sp³-hybridized carbons (Fsp3) is 0.565. The predicted molar refractivity (Wildman–Crippen MR) is 120 cm³/mol. The highest BCUT2D eigenvalue weighted by Gasteiger charge is 2.63. The van der Waals surface area contributed by atoms with Crippen molar-refractivity contribution in [1.29, 1.82) is 5.26 Å². The Hall–Kier alpha value is -2.58. The molecular formula is C23H22Cl2F4N4O3. The molecule has 0 unspecified atom stereocenters. The van der Waals surface area contributed by atoms with Crippen LogP contribution in [-0.2, 0) is 20.3 Å². The van der Waals surface area contributed by atoms with E-state index in [1.165, 1.54) is 6.07 Å². The summed E-state index contributed by atoms with van der Waals surface area (Å²) in [7, 11) is 0. The maximum Gasteiger partial charge on any atom is 0.350 e. The molecule has 4 fully saturated rings. The Balaban J connectivity index is 1.63. The second-order valence-electron chi connectivity index (χ2n) is 9.40. The molecule has 2 N–H and O–H groups in total. The van der Waals surface area contributed by atoms with Gasteiger partial charge in [-0.25, -0.2) is 8.78 Å². The van der Waals surface area contributed by atoms with Gasteiger partial charge in [-0.05, 0) is 43.9 Å². The SMILES string of the molecule is N#C[C@H](C[C@@H]1CCNC1=O)NC(=O)[C@H]1[C@@H]2CC[C@@H](CC2(F)F)N1C(=O)C(F)(F)c1cc(Cl)cc(Cl)c1. The van der Waals surface area contributed by atoms with Crippen molar-refractivity contribution in [2.45, 2.75) is 62.1 Å². The van der Waals surface area contributed by atoms with Crippen LogP contribution in [0.5, 0.6) is 0 Å². The summed E-state index contributed by atoms with van der Waals surface area (Å²) in [6.07, 6.45) is -0.638. The molecule has 0 spiro atoms. The molecular weight excluding hydrogens is 527 g/mol. The molecule has 1 aliphatic carbocycles. The van der Waals surface area contributed by atoms with Crippen LogP contribution >= 0.6 is 23.2 Å². The molecule has 4 aliphatic rings. The summed E-state index contributed by atoms with van der Waals surface area (Å²) in [4.78, 5) is 38.8. The molecule has 7 nitrogen and oxygen atoms in total. The summed E-state index contributed by atoms with van der Waals surface area (Å²) in [5.41, 5.74) is -0.834. The molecule has 1 aromatic rings. The van der Waals surface area contributed by atoms with Crippen LogP contribution in [0.2, 0.25) is 10.0 Å². The van der Waals surface area contributed by atoms with E-state index in [4.69, 9.17) is 23.2 Å². The zero-order valence-corrected chi connectivity index (χ0v) is 20.3. The molecule has 2 bridgehead atoms. The molecule has 1 saturated carbocycles. The second-order valence-corrected chi connectivity index (χ2v) is 10.3. The van der Waals surface area contributed by atoms with Crippen molar-refractivity contribution in [1.82, 2.24) is 15.5 Å². The third-order valence-corrected chi connectivity index (χ3v) is 7.52. The van der Waals surface area contributed by atoms with Gasteiger partial charge in [-0.2, -0.15) is 14.0 Å². The number of hydrogen-bond donors (Lipinski definition) is 2. The molecule has 3 saturated heterocycles. The largest absolute Gasteiger partial charge is 0.356 e. The summed E-state index contributed by atoms with van der Waals surface area (Å²) in [5.74, 6) is -13.1. The van der Waals surface area contributed by atoms with Crippen molar-refractivity contribution in [2.24, 2.45) is 11.8 Å². The molecule has 36 heavy (non-hydrogen) atoms. The number of rotatable bonds is 6. The molecule has 13 heteroatoms. The lowest BCUT2D eigenvalue weighted by molar-refractivity contribution is -0.207. The van der Waals surface area contributed by atoms with Crippen molar-refractivity contribution in [3.8, 4) is 6.07 Å². The number of nitriles is 1. The maximum atomic E-state index is 15.4. The van der Waals surface area contributed by atoms with E-state index in [1.54, 1.807) is 0 Å². The quantitative estimate of drug-likeness (QED) is 0.530. The first kappa shape index (κ1) is 26.5. The lowest BCUT2D eigenvalue weighted by atomic mass is 9.71. The number of alkyl halides is 4. The van der Waals surface area contributed by atoms with E-state index in [0.717, 1.165) is 12.1 Å². The predicted octanol–water partition coefficient (Wildman–Crippen LogP) is 3.63. The van der Waals surface area contributed by atoms with Crippen molar-refractivity contribution < 1.29 is 31.9 Å². The van der Waals surface area contributed by atoms with Crippen LogP contribution in [0.3, 0.4) is 0 Å². The highest BCUT2D eigenvalue weighted by Crippen LogP contribution is 2.50. The Bertz CT molecular complexity index is 1110. The average molecular weight is 549 g/mol. The van der Waals surface area contributed by atoms with Crippen LogP contribution in [0.1, 0.15) is 37.7 Å². The summed E-state index contributed by atoms with van der Waals surface area (Å²) < 4.78 is 60.4. The zero-order valence-electron chi connectivity index (χ0n) is 18.7. The zero-order chi connectivity index (χ0) is 26.4. The minimum absolute atomic E-state index is 0.0199. The topological polar surface area (TPSA) is 102 Å². The monoisotopic (exact) mass is 548 g/mol. The van der Waals surface area contributed by atoms with Crippen molar-refractivity contribution in [3.63, 3.8) is 0 Å². The number of amides is 3. The first-order chi connectivity index (χ1) is 16.8. The normalized spacial score (nSPS) is 27.8. The highest BCUT2D eigenvalue weighted by molar-refractivity contribution is 6.34. The Morgan fingerprint density at radius 3 is 2.44 bits per heavy atom. The van der Waals surface area contributed by atoms with Gasteiger partial charge in [0, 0.05) is 40.5 Å². The van der Waals surface area contributed by atoms with Crippen LogP contribution in [0.4, 0.5) is 17.6 Å². The van der Waals surface area contributed by atoms with Gasteiger partial charge in [0.2, 0.25) is 11.8 Å². The number of nitrogens with one attached hydrogen (secondary N) is 2. The van der Waals surface area contributed by atoms with E-state index < -0.39 is 65.6 Å². The van der Waals surface area contributed by atoms with Crippen LogP contribution in [0, 0.1) is 23.2 Å². The number of carbonyl (C=O) groups excluding carboxylic acids is 3. The van der Waals surface area contributed by atoms with Gasteiger partial charge in [-0.15, -0.1) is 0 Å². The van der Waals surface area contributed by atoms with Crippen molar-refractivity contribution in [3.05, 3.63) is 33.8 Å². The second kappa shape index (κ2) is 9.71. The van der Waals surface area contributed by atoms with Crippen LogP contribution in [0.15, 0.2) is 18.2 Å². The van der Waals surface area contributed by atoms with E-state index in [2.05, 4.69) is 10.6 Å². The van der Waals surface area contributed by atoms with E-state index in [9.17, 15) is 28.4 Å². The minimum atomic E-state index is -4.21. The van der Waals surface area contributed by atoms with E-state index in [1.807, 2.05) is 6.07 Å². The Kier molecular flexibility index (Phi) is 7.14. The number of piperidine rings is 2. The van der Waals surface area contributed by atoms with Crippen molar-refractivity contribution >= 4 is 40.9 Å². The molecule has 5 atom stereocenters. The molecule has 1 aromatic carbocycles. The Morgan fingerprint density at radius 2 is 1.89 bits per heavy atom. The lowest BCUT2D eigenvalue weighted by Gasteiger charge is -2.54. The van der Waals surface area contributed by atoms with E-state index in [-0.39, 0.29) is 35.2 Å². The van der Waals surface area contributed by atoms with Gasteiger partial charge < -0.3 is 15.5 Å². The van der Waals surface area contributed by atoms with Gasteiger partial charge >= 0.3 is 5.92 Å². The summed E-state index contributed by atoms with van der Waals surface area (Å²) in [6, 6.07) is 0.232. The number of benzene rings is 1. The molecule has 3 amide bonds. The van der Waals surface area contributed by atoms with E-state index >= 15 is 8.78 Å². The van der Waals surface area contributed by atoms with E-state index in [0.29, 0.717) is 17.9 Å². The van der Waals surface area contributed by atoms with Crippen LogP contribution in [0.25, 0.3) is 0 Å². The number of fused-ring (bicyclic) bond motifs is 3. The third-order valence-electron chi connectivity index (χ3n) is 7.09. The van der Waals surface area contributed by atoms with Gasteiger partial charge in [0.1, 0.15) is 12.1 Å². The standard InChI is InChI=1S/C23H22Cl2F4N4O3/c24-13-6-12(7-14(25)8-13)23(28,29)21(36)33-16-1-2-17(22(26,27)9-16)18(33)20(35)32-15(10-30)5-11-3-4-31-19(11)34/h6-8,11,15-18H,1-5,9H2,(H,31,34)(H,32,35)/t11-,15-,16-,17-,18+/m0/s1. The Labute approximate surface area is 214 Å². The average Bonchev–Trinajstić information content (AvgIpc) is 3.20. The number of hydrogen-bond acceptors (Lipinski definition) is 4. The van der Waals surface area contributed by atoms with Gasteiger partial charge in [-0.3, -0.25) is 14.4 Å². The maximum absolute atomic E-state index is 15.4. The number of halogens is 6. The molecule has 0 aromatic heterocycles. The fourth-order valence-corrected chi connectivity index (χ4v) is 5.90. The first-order valence-electron chi connectivity index (χ1n) is 11.4.